The molecular formula is C18H17ClN2O3. The van der Waals surface area contributed by atoms with Gasteiger partial charge in [0.2, 0.25) is 5.75 Å². The van der Waals surface area contributed by atoms with Crippen molar-refractivity contribution in [1.29, 1.82) is 0 Å². The lowest BCUT2D eigenvalue weighted by Gasteiger charge is -2.16. The number of ether oxygens (including phenoxy) is 3. The van der Waals surface area contributed by atoms with E-state index in [1.165, 1.54) is 0 Å². The zero-order valence-corrected chi connectivity index (χ0v) is 14.3. The summed E-state index contributed by atoms with van der Waals surface area (Å²) in [5, 5.41) is 4.95. The van der Waals surface area contributed by atoms with E-state index in [4.69, 9.17) is 25.8 Å². The average molecular weight is 345 g/mol. The molecular weight excluding hydrogens is 328 g/mol. The lowest BCUT2D eigenvalue weighted by molar-refractivity contribution is 0.324. The van der Waals surface area contributed by atoms with E-state index in [2.05, 4.69) is 10.3 Å². The Morgan fingerprint density at radius 2 is 1.62 bits per heavy atom. The van der Waals surface area contributed by atoms with Gasteiger partial charge in [-0.05, 0) is 24.3 Å². The molecule has 0 amide bonds. The highest BCUT2D eigenvalue weighted by molar-refractivity contribution is 6.31. The van der Waals surface area contributed by atoms with E-state index in [9.17, 15) is 0 Å². The van der Waals surface area contributed by atoms with Crippen molar-refractivity contribution in [2.75, 3.05) is 26.6 Å². The minimum Gasteiger partial charge on any atom is -0.493 e. The zero-order valence-electron chi connectivity index (χ0n) is 13.6. The van der Waals surface area contributed by atoms with Crippen molar-refractivity contribution in [3.63, 3.8) is 0 Å². The molecule has 0 fully saturated rings. The largest absolute Gasteiger partial charge is 0.493 e. The number of pyridine rings is 1. The van der Waals surface area contributed by atoms with Gasteiger partial charge in [0.05, 0.1) is 26.8 Å². The maximum absolute atomic E-state index is 6.12. The Morgan fingerprint density at radius 3 is 2.25 bits per heavy atom. The van der Waals surface area contributed by atoms with Crippen LogP contribution in [0.25, 0.3) is 10.9 Å². The summed E-state index contributed by atoms with van der Waals surface area (Å²) >= 11 is 6.12. The molecule has 1 N–H and O–H groups in total. The summed E-state index contributed by atoms with van der Waals surface area (Å²) in [5.74, 6) is 1.71. The number of hydrogen-bond donors (Lipinski definition) is 1. The molecule has 5 nitrogen and oxygen atoms in total. The van der Waals surface area contributed by atoms with E-state index in [-0.39, 0.29) is 0 Å². The molecule has 3 aromatic rings. The summed E-state index contributed by atoms with van der Waals surface area (Å²) in [4.78, 5) is 4.35. The van der Waals surface area contributed by atoms with Crippen LogP contribution in [0.5, 0.6) is 17.2 Å². The van der Waals surface area contributed by atoms with Crippen molar-refractivity contribution in [2.45, 2.75) is 0 Å². The molecule has 0 radical (unpaired) electrons. The molecule has 6 heteroatoms. The van der Waals surface area contributed by atoms with Gasteiger partial charge >= 0.3 is 0 Å². The average Bonchev–Trinajstić information content (AvgIpc) is 2.61. The minimum atomic E-state index is 0.549. The summed E-state index contributed by atoms with van der Waals surface area (Å²) < 4.78 is 16.1. The first kappa shape index (κ1) is 16.2. The molecule has 1 aromatic heterocycles. The number of nitrogens with zero attached hydrogens (tertiary/aromatic N) is 1. The van der Waals surface area contributed by atoms with Crippen LogP contribution in [0, 0.1) is 0 Å². The van der Waals surface area contributed by atoms with E-state index in [0.717, 1.165) is 22.3 Å². The maximum Gasteiger partial charge on any atom is 0.203 e. The van der Waals surface area contributed by atoms with E-state index in [0.29, 0.717) is 22.3 Å². The molecule has 0 spiro atoms. The molecule has 0 saturated heterocycles. The number of halogens is 1. The van der Waals surface area contributed by atoms with Crippen LogP contribution in [0.3, 0.4) is 0 Å². The molecule has 3 rings (SSSR count). The Balaban J connectivity index is 2.07. The van der Waals surface area contributed by atoms with Crippen LogP contribution in [-0.4, -0.2) is 26.3 Å². The number of hydrogen-bond acceptors (Lipinski definition) is 5. The predicted molar refractivity (Wildman–Crippen MR) is 96.1 cm³/mol. The first-order chi connectivity index (χ1) is 11.7. The van der Waals surface area contributed by atoms with Gasteiger partial charge < -0.3 is 19.5 Å². The lowest BCUT2D eigenvalue weighted by Crippen LogP contribution is -1.98. The SMILES string of the molecule is COc1cc(Nc2ccnc3ccc(Cl)cc23)cc(OC)c1OC. The van der Waals surface area contributed by atoms with Crippen LogP contribution in [0.1, 0.15) is 0 Å². The van der Waals surface area contributed by atoms with Crippen molar-refractivity contribution >= 4 is 33.9 Å². The summed E-state index contributed by atoms with van der Waals surface area (Å²) in [5.41, 5.74) is 2.55. The third-order valence-electron chi connectivity index (χ3n) is 3.65. The number of rotatable bonds is 5. The second-order valence-corrected chi connectivity index (χ2v) is 5.50. The van der Waals surface area contributed by atoms with Crippen molar-refractivity contribution in [3.8, 4) is 17.2 Å². The van der Waals surface area contributed by atoms with Gasteiger partial charge in [0, 0.05) is 40.1 Å². The van der Waals surface area contributed by atoms with Gasteiger partial charge in [0.25, 0.3) is 0 Å². The maximum atomic E-state index is 6.12. The molecule has 0 aliphatic carbocycles. The highest BCUT2D eigenvalue weighted by atomic mass is 35.5. The van der Waals surface area contributed by atoms with Crippen LogP contribution in [0.2, 0.25) is 5.02 Å². The molecule has 24 heavy (non-hydrogen) atoms. The van der Waals surface area contributed by atoms with Crippen molar-refractivity contribution in [1.82, 2.24) is 4.98 Å². The van der Waals surface area contributed by atoms with Crippen molar-refractivity contribution < 1.29 is 14.2 Å². The fourth-order valence-corrected chi connectivity index (χ4v) is 2.71. The highest BCUT2D eigenvalue weighted by Gasteiger charge is 2.14. The second kappa shape index (κ2) is 6.84. The fourth-order valence-electron chi connectivity index (χ4n) is 2.54. The normalized spacial score (nSPS) is 10.5. The molecule has 0 aliphatic heterocycles. The molecule has 0 aliphatic rings. The van der Waals surface area contributed by atoms with Gasteiger partial charge in [-0.3, -0.25) is 4.98 Å². The first-order valence-corrected chi connectivity index (χ1v) is 7.65. The minimum absolute atomic E-state index is 0.549. The van der Waals surface area contributed by atoms with Gasteiger partial charge in [-0.15, -0.1) is 0 Å². The summed E-state index contributed by atoms with van der Waals surface area (Å²) in [6, 6.07) is 11.2. The third-order valence-corrected chi connectivity index (χ3v) is 3.88. The van der Waals surface area contributed by atoms with Crippen molar-refractivity contribution in [3.05, 3.63) is 47.6 Å². The third kappa shape index (κ3) is 3.03. The van der Waals surface area contributed by atoms with Crippen LogP contribution < -0.4 is 19.5 Å². The Labute approximate surface area is 145 Å². The van der Waals surface area contributed by atoms with Crippen LogP contribution in [0.15, 0.2) is 42.6 Å². The molecule has 0 unspecified atom stereocenters. The number of methoxy groups -OCH3 is 3. The van der Waals surface area contributed by atoms with Crippen LogP contribution in [0.4, 0.5) is 11.4 Å². The van der Waals surface area contributed by atoms with Gasteiger partial charge in [-0.2, -0.15) is 0 Å². The number of benzene rings is 2. The zero-order chi connectivity index (χ0) is 17.1. The van der Waals surface area contributed by atoms with E-state index < -0.39 is 0 Å². The fraction of sp³-hybridized carbons (Fsp3) is 0.167. The van der Waals surface area contributed by atoms with Gasteiger partial charge in [-0.25, -0.2) is 0 Å². The van der Waals surface area contributed by atoms with E-state index >= 15 is 0 Å². The molecule has 0 atom stereocenters. The van der Waals surface area contributed by atoms with Gasteiger partial charge in [0.15, 0.2) is 11.5 Å². The van der Waals surface area contributed by atoms with Crippen LogP contribution >= 0.6 is 11.6 Å². The molecule has 1 heterocycles. The number of fused-ring (bicyclic) bond motifs is 1. The molecule has 2 aromatic carbocycles. The second-order valence-electron chi connectivity index (χ2n) is 5.06. The summed E-state index contributed by atoms with van der Waals surface area (Å²) in [6.07, 6.45) is 1.75. The van der Waals surface area contributed by atoms with Gasteiger partial charge in [0.1, 0.15) is 0 Å². The number of aromatic nitrogens is 1. The van der Waals surface area contributed by atoms with E-state index in [1.54, 1.807) is 27.5 Å². The lowest BCUT2D eigenvalue weighted by atomic mass is 10.1. The number of nitrogens with one attached hydrogen (secondary N) is 1. The first-order valence-electron chi connectivity index (χ1n) is 7.27. The Kier molecular flexibility index (Phi) is 4.62. The Morgan fingerprint density at radius 1 is 0.917 bits per heavy atom. The van der Waals surface area contributed by atoms with E-state index in [1.807, 2.05) is 36.4 Å². The smallest absolute Gasteiger partial charge is 0.203 e. The molecule has 124 valence electrons. The topological polar surface area (TPSA) is 52.6 Å². The summed E-state index contributed by atoms with van der Waals surface area (Å²) in [7, 11) is 4.75. The quantitative estimate of drug-likeness (QED) is 0.729. The standard InChI is InChI=1S/C18H17ClN2O3/c1-22-16-9-12(10-17(23-2)18(16)24-3)21-15-6-7-20-14-5-4-11(19)8-13(14)15/h4-10H,1-3H3,(H,20,21). The highest BCUT2D eigenvalue weighted by Crippen LogP contribution is 2.41. The predicted octanol–water partition coefficient (Wildman–Crippen LogP) is 4.66. The Hall–Kier alpha value is -2.66. The van der Waals surface area contributed by atoms with Crippen molar-refractivity contribution in [2.24, 2.45) is 0 Å². The summed E-state index contributed by atoms with van der Waals surface area (Å²) in [6.45, 7) is 0. The molecule has 0 saturated carbocycles. The molecule has 0 bridgehead atoms. The van der Waals surface area contributed by atoms with Crippen LogP contribution in [-0.2, 0) is 0 Å². The monoisotopic (exact) mass is 344 g/mol. The Bertz CT molecular complexity index is 858. The van der Waals surface area contributed by atoms with Gasteiger partial charge in [-0.1, -0.05) is 11.6 Å². The number of anilines is 2.